The Labute approximate surface area is 259 Å². The van der Waals surface area contributed by atoms with E-state index in [1.165, 1.54) is 17.0 Å². The number of carbonyl (C=O) groups is 2. The molecule has 0 radical (unpaired) electrons. The highest BCUT2D eigenvalue weighted by atomic mass is 35.5. The fourth-order valence-corrected chi connectivity index (χ4v) is 6.23. The maximum atomic E-state index is 14.4. The molecule has 224 valence electrons. The van der Waals surface area contributed by atoms with Gasteiger partial charge in [-0.15, -0.1) is 0 Å². The molecule has 7 nitrogen and oxygen atoms in total. The van der Waals surface area contributed by atoms with Crippen LogP contribution in [0.3, 0.4) is 0 Å². The largest absolute Gasteiger partial charge is 0.352 e. The van der Waals surface area contributed by atoms with Crippen molar-refractivity contribution in [3.05, 3.63) is 131 Å². The molecule has 0 aliphatic rings. The molecule has 1 atom stereocenters. The second-order valence-corrected chi connectivity index (χ2v) is 13.0. The van der Waals surface area contributed by atoms with Gasteiger partial charge >= 0.3 is 0 Å². The summed E-state index contributed by atoms with van der Waals surface area (Å²) < 4.78 is 29.1. The molecule has 43 heavy (non-hydrogen) atoms. The highest BCUT2D eigenvalue weighted by Gasteiger charge is 2.34. The number of aryl methyl sites for hydroxylation is 1. The zero-order valence-corrected chi connectivity index (χ0v) is 26.1. The van der Waals surface area contributed by atoms with Crippen LogP contribution in [-0.4, -0.2) is 43.8 Å². The van der Waals surface area contributed by atoms with E-state index in [4.69, 9.17) is 11.6 Å². The number of sulfonamides is 1. The fourth-order valence-electron chi connectivity index (χ4n) is 4.69. The van der Waals surface area contributed by atoms with Crippen molar-refractivity contribution < 1.29 is 18.0 Å². The van der Waals surface area contributed by atoms with Crippen LogP contribution in [0, 0.1) is 6.92 Å². The van der Waals surface area contributed by atoms with Crippen LogP contribution in [0.5, 0.6) is 0 Å². The lowest BCUT2D eigenvalue weighted by atomic mass is 10.0. The molecule has 4 aromatic carbocycles. The Balaban J connectivity index is 1.78. The number of benzene rings is 4. The Morgan fingerprint density at radius 2 is 1.35 bits per heavy atom. The first kappa shape index (κ1) is 31.8. The van der Waals surface area contributed by atoms with E-state index < -0.39 is 28.5 Å². The number of anilines is 1. The van der Waals surface area contributed by atoms with E-state index in [0.29, 0.717) is 5.02 Å². The van der Waals surface area contributed by atoms with E-state index in [1.807, 2.05) is 81.4 Å². The zero-order chi connectivity index (χ0) is 31.0. The maximum absolute atomic E-state index is 14.4. The lowest BCUT2D eigenvalue weighted by Gasteiger charge is -2.34. The van der Waals surface area contributed by atoms with Crippen LogP contribution >= 0.6 is 11.6 Å². The van der Waals surface area contributed by atoms with Crippen molar-refractivity contribution in [3.63, 3.8) is 0 Å². The molecule has 1 N–H and O–H groups in total. The van der Waals surface area contributed by atoms with Crippen LogP contribution in [0.4, 0.5) is 5.69 Å². The van der Waals surface area contributed by atoms with E-state index in [9.17, 15) is 18.0 Å². The number of rotatable bonds is 12. The molecule has 0 aliphatic heterocycles. The van der Waals surface area contributed by atoms with E-state index in [-0.39, 0.29) is 35.5 Å². The monoisotopic (exact) mass is 617 g/mol. The third kappa shape index (κ3) is 8.46. The average molecular weight is 618 g/mol. The van der Waals surface area contributed by atoms with Gasteiger partial charge in [-0.1, -0.05) is 90.0 Å². The highest BCUT2D eigenvalue weighted by molar-refractivity contribution is 7.92. The predicted molar refractivity (Wildman–Crippen MR) is 171 cm³/mol. The molecule has 0 saturated heterocycles. The summed E-state index contributed by atoms with van der Waals surface area (Å²) in [5.74, 6) is -0.836. The second-order valence-electron chi connectivity index (χ2n) is 10.7. The van der Waals surface area contributed by atoms with Gasteiger partial charge in [0.2, 0.25) is 11.8 Å². The summed E-state index contributed by atoms with van der Waals surface area (Å²) in [4.78, 5) is 29.6. The Morgan fingerprint density at radius 1 is 0.791 bits per heavy atom. The number of hydrogen-bond donors (Lipinski definition) is 1. The van der Waals surface area contributed by atoms with E-state index in [0.717, 1.165) is 21.0 Å². The number of halogens is 1. The highest BCUT2D eigenvalue weighted by Crippen LogP contribution is 2.26. The molecule has 0 aromatic heterocycles. The third-order valence-electron chi connectivity index (χ3n) is 6.90. The summed E-state index contributed by atoms with van der Waals surface area (Å²) in [5.41, 5.74) is 2.87. The standard InChI is InChI=1S/C34H36ClN3O4S/c1-25(2)36-34(40)32(22-27-10-6-4-7-11-27)37(23-28-12-8-5-9-13-28)33(39)24-38(30-18-16-29(35)17-19-30)43(41,42)31-20-14-26(3)15-21-31/h4-21,25,32H,22-24H2,1-3H3,(H,36,40)/t32-/m0/s1. The minimum Gasteiger partial charge on any atom is -0.352 e. The number of nitrogens with zero attached hydrogens (tertiary/aromatic N) is 2. The molecule has 4 aromatic rings. The summed E-state index contributed by atoms with van der Waals surface area (Å²) >= 11 is 6.12. The van der Waals surface area contributed by atoms with E-state index >= 15 is 0 Å². The Bertz CT molecular complexity index is 1610. The van der Waals surface area contributed by atoms with Crippen LogP contribution in [-0.2, 0) is 32.6 Å². The van der Waals surface area contributed by atoms with Gasteiger partial charge in [0.15, 0.2) is 0 Å². The second kappa shape index (κ2) is 14.4. The van der Waals surface area contributed by atoms with Crippen LogP contribution in [0.1, 0.15) is 30.5 Å². The molecular weight excluding hydrogens is 582 g/mol. The van der Waals surface area contributed by atoms with Gasteiger partial charge in [-0.3, -0.25) is 13.9 Å². The van der Waals surface area contributed by atoms with Crippen molar-refractivity contribution in [2.24, 2.45) is 0 Å². The quantitative estimate of drug-likeness (QED) is 0.211. The van der Waals surface area contributed by atoms with Crippen LogP contribution in [0.15, 0.2) is 114 Å². The lowest BCUT2D eigenvalue weighted by Crippen LogP contribution is -2.54. The smallest absolute Gasteiger partial charge is 0.264 e. The molecule has 0 spiro atoms. The first-order valence-electron chi connectivity index (χ1n) is 14.1. The molecule has 0 heterocycles. The minimum atomic E-state index is -4.17. The molecule has 4 rings (SSSR count). The van der Waals surface area contributed by atoms with Gasteiger partial charge in [-0.05, 0) is 68.3 Å². The van der Waals surface area contributed by atoms with Crippen LogP contribution < -0.4 is 9.62 Å². The Hall–Kier alpha value is -4.14. The topological polar surface area (TPSA) is 86.8 Å². The van der Waals surface area contributed by atoms with Gasteiger partial charge < -0.3 is 10.2 Å². The number of hydrogen-bond acceptors (Lipinski definition) is 4. The fraction of sp³-hybridized carbons (Fsp3) is 0.235. The SMILES string of the molecule is Cc1ccc(S(=O)(=O)N(CC(=O)N(Cc2ccccc2)[C@@H](Cc2ccccc2)C(=O)NC(C)C)c2ccc(Cl)cc2)cc1. The molecule has 0 unspecified atom stereocenters. The van der Waals surface area contributed by atoms with Crippen LogP contribution in [0.2, 0.25) is 5.02 Å². The summed E-state index contributed by atoms with van der Waals surface area (Å²) in [5, 5.41) is 3.39. The van der Waals surface area contributed by atoms with Gasteiger partial charge in [0.1, 0.15) is 12.6 Å². The van der Waals surface area contributed by atoms with Crippen molar-refractivity contribution in [3.8, 4) is 0 Å². The number of carbonyl (C=O) groups excluding carboxylic acids is 2. The third-order valence-corrected chi connectivity index (χ3v) is 8.94. The van der Waals surface area contributed by atoms with Crippen molar-refractivity contribution in [2.45, 2.75) is 50.7 Å². The predicted octanol–water partition coefficient (Wildman–Crippen LogP) is 6.01. The van der Waals surface area contributed by atoms with Crippen molar-refractivity contribution in [2.75, 3.05) is 10.8 Å². The number of amides is 2. The van der Waals surface area contributed by atoms with Gasteiger partial charge in [0.05, 0.1) is 10.6 Å². The first-order chi connectivity index (χ1) is 20.5. The minimum absolute atomic E-state index is 0.0499. The summed E-state index contributed by atoms with van der Waals surface area (Å²) in [7, 11) is -4.17. The molecule has 0 saturated carbocycles. The summed E-state index contributed by atoms with van der Waals surface area (Å²) in [6.45, 7) is 5.18. The molecule has 2 amide bonds. The molecule has 9 heteroatoms. The van der Waals surface area contributed by atoms with Crippen molar-refractivity contribution in [1.82, 2.24) is 10.2 Å². The molecular formula is C34H36ClN3O4S. The Kier molecular flexibility index (Phi) is 10.6. The normalized spacial score (nSPS) is 12.0. The van der Waals surface area contributed by atoms with Crippen molar-refractivity contribution >= 4 is 39.1 Å². The Morgan fingerprint density at radius 3 is 1.91 bits per heavy atom. The maximum Gasteiger partial charge on any atom is 0.264 e. The molecule has 0 bridgehead atoms. The van der Waals surface area contributed by atoms with E-state index in [2.05, 4.69) is 5.32 Å². The van der Waals surface area contributed by atoms with Gasteiger partial charge in [0, 0.05) is 24.0 Å². The van der Waals surface area contributed by atoms with Gasteiger partial charge in [-0.2, -0.15) is 0 Å². The molecule has 0 aliphatic carbocycles. The van der Waals surface area contributed by atoms with Gasteiger partial charge in [-0.25, -0.2) is 8.42 Å². The van der Waals surface area contributed by atoms with E-state index in [1.54, 1.807) is 36.4 Å². The average Bonchev–Trinajstić information content (AvgIpc) is 2.99. The summed E-state index contributed by atoms with van der Waals surface area (Å²) in [6.07, 6.45) is 0.254. The zero-order valence-electron chi connectivity index (χ0n) is 24.5. The van der Waals surface area contributed by atoms with Gasteiger partial charge in [0.25, 0.3) is 10.0 Å². The number of nitrogens with one attached hydrogen (secondary N) is 1. The first-order valence-corrected chi connectivity index (χ1v) is 15.9. The summed E-state index contributed by atoms with van der Waals surface area (Å²) in [6, 6.07) is 30.5. The van der Waals surface area contributed by atoms with Crippen LogP contribution in [0.25, 0.3) is 0 Å². The molecule has 0 fully saturated rings. The van der Waals surface area contributed by atoms with Crippen molar-refractivity contribution in [1.29, 1.82) is 0 Å². The lowest BCUT2D eigenvalue weighted by molar-refractivity contribution is -0.140.